The molecule has 0 fully saturated rings. The van der Waals surface area contributed by atoms with Gasteiger partial charge in [0.1, 0.15) is 0 Å². The third-order valence-electron chi connectivity index (χ3n) is 2.28. The van der Waals surface area contributed by atoms with E-state index in [0.717, 1.165) is 24.0 Å². The van der Waals surface area contributed by atoms with Crippen molar-refractivity contribution >= 4 is 21.5 Å². The van der Waals surface area contributed by atoms with Gasteiger partial charge < -0.3 is 5.32 Å². The van der Waals surface area contributed by atoms with Crippen molar-refractivity contribution in [3.63, 3.8) is 0 Å². The van der Waals surface area contributed by atoms with Crippen LogP contribution >= 0.6 is 15.9 Å². The Morgan fingerprint density at radius 1 is 1.13 bits per heavy atom. The first-order valence-corrected chi connectivity index (χ1v) is 6.31. The number of benzene rings is 1. The van der Waals surface area contributed by atoms with Gasteiger partial charge in [0.2, 0.25) is 0 Å². The van der Waals surface area contributed by atoms with Gasteiger partial charge in [-0.15, -0.1) is 0 Å². The summed E-state index contributed by atoms with van der Waals surface area (Å²) < 4.78 is 1.14. The van der Waals surface area contributed by atoms with Gasteiger partial charge in [-0.3, -0.25) is 0 Å². The molecule has 2 heteroatoms. The SMILES string of the molecule is Brc1ccc(C2=CCNCC2)cc1.CC. The molecule has 0 bridgehead atoms. The summed E-state index contributed by atoms with van der Waals surface area (Å²) in [5, 5.41) is 3.31. The summed E-state index contributed by atoms with van der Waals surface area (Å²) in [5.74, 6) is 0. The fourth-order valence-electron chi connectivity index (χ4n) is 1.55. The van der Waals surface area contributed by atoms with Gasteiger partial charge in [-0.25, -0.2) is 0 Å². The van der Waals surface area contributed by atoms with Crippen LogP contribution in [0, 0.1) is 0 Å². The van der Waals surface area contributed by atoms with E-state index in [9.17, 15) is 0 Å². The molecular formula is C13H18BrN. The van der Waals surface area contributed by atoms with Gasteiger partial charge in [-0.2, -0.15) is 0 Å². The van der Waals surface area contributed by atoms with E-state index in [-0.39, 0.29) is 0 Å². The maximum atomic E-state index is 3.44. The Morgan fingerprint density at radius 3 is 2.33 bits per heavy atom. The topological polar surface area (TPSA) is 12.0 Å². The summed E-state index contributed by atoms with van der Waals surface area (Å²) in [7, 11) is 0. The highest BCUT2D eigenvalue weighted by molar-refractivity contribution is 9.10. The zero-order valence-electron chi connectivity index (χ0n) is 9.39. The molecule has 0 saturated carbocycles. The molecule has 1 aliphatic heterocycles. The Bertz CT molecular complexity index is 314. The van der Waals surface area contributed by atoms with Crippen molar-refractivity contribution in [2.75, 3.05) is 13.1 Å². The summed E-state index contributed by atoms with van der Waals surface area (Å²) in [4.78, 5) is 0. The molecule has 0 saturated heterocycles. The number of nitrogens with one attached hydrogen (secondary N) is 1. The minimum atomic E-state index is 1.01. The van der Waals surface area contributed by atoms with Gasteiger partial charge in [-0.05, 0) is 36.2 Å². The summed E-state index contributed by atoms with van der Waals surface area (Å²) in [5.41, 5.74) is 2.82. The lowest BCUT2D eigenvalue weighted by Gasteiger charge is -2.13. The quantitative estimate of drug-likeness (QED) is 0.815. The highest BCUT2D eigenvalue weighted by Crippen LogP contribution is 2.21. The molecule has 1 N–H and O–H groups in total. The first-order valence-electron chi connectivity index (χ1n) is 5.52. The second-order valence-electron chi connectivity index (χ2n) is 3.19. The second-order valence-corrected chi connectivity index (χ2v) is 4.11. The predicted molar refractivity (Wildman–Crippen MR) is 71.0 cm³/mol. The van der Waals surface area contributed by atoms with Crippen LogP contribution in [0.15, 0.2) is 34.8 Å². The lowest BCUT2D eigenvalue weighted by molar-refractivity contribution is 0.738. The first-order chi connectivity index (χ1) is 7.36. The van der Waals surface area contributed by atoms with Crippen LogP contribution in [-0.4, -0.2) is 13.1 Å². The molecule has 0 spiro atoms. The fraction of sp³-hybridized carbons (Fsp3) is 0.385. The second kappa shape index (κ2) is 6.81. The van der Waals surface area contributed by atoms with E-state index in [2.05, 4.69) is 51.6 Å². The van der Waals surface area contributed by atoms with Crippen molar-refractivity contribution in [1.29, 1.82) is 0 Å². The van der Waals surface area contributed by atoms with Gasteiger partial charge in [0.15, 0.2) is 0 Å². The van der Waals surface area contributed by atoms with Crippen LogP contribution in [-0.2, 0) is 0 Å². The number of hydrogen-bond acceptors (Lipinski definition) is 1. The fourth-order valence-corrected chi connectivity index (χ4v) is 1.81. The Balaban J connectivity index is 0.000000531. The van der Waals surface area contributed by atoms with E-state index >= 15 is 0 Å². The Morgan fingerprint density at radius 2 is 1.80 bits per heavy atom. The zero-order chi connectivity index (χ0) is 11.1. The van der Waals surface area contributed by atoms with Gasteiger partial charge >= 0.3 is 0 Å². The summed E-state index contributed by atoms with van der Waals surface area (Å²) in [6.07, 6.45) is 3.41. The molecular weight excluding hydrogens is 250 g/mol. The molecule has 1 nitrogen and oxygen atoms in total. The number of rotatable bonds is 1. The van der Waals surface area contributed by atoms with E-state index in [4.69, 9.17) is 0 Å². The number of halogens is 1. The molecule has 0 unspecified atom stereocenters. The molecule has 1 aromatic rings. The lowest BCUT2D eigenvalue weighted by Crippen LogP contribution is -2.19. The van der Waals surface area contributed by atoms with Gasteiger partial charge in [-0.1, -0.05) is 48.0 Å². The van der Waals surface area contributed by atoms with Gasteiger partial charge in [0.05, 0.1) is 0 Å². The van der Waals surface area contributed by atoms with Crippen LogP contribution in [0.1, 0.15) is 25.8 Å². The van der Waals surface area contributed by atoms with Crippen LogP contribution in [0.25, 0.3) is 5.57 Å². The monoisotopic (exact) mass is 267 g/mol. The molecule has 1 heterocycles. The standard InChI is InChI=1S/C11H12BrN.C2H6/c12-11-3-1-9(2-4-11)10-5-7-13-8-6-10;1-2/h1-5,13H,6-8H2;1-2H3. The normalized spacial score (nSPS) is 15.0. The largest absolute Gasteiger partial charge is 0.313 e. The van der Waals surface area contributed by atoms with E-state index < -0.39 is 0 Å². The summed E-state index contributed by atoms with van der Waals surface area (Å²) in [6, 6.07) is 8.53. The minimum absolute atomic E-state index is 1.01. The maximum absolute atomic E-state index is 3.44. The van der Waals surface area contributed by atoms with E-state index in [1.54, 1.807) is 0 Å². The molecule has 0 aliphatic carbocycles. The first kappa shape index (κ1) is 12.5. The van der Waals surface area contributed by atoms with Crippen molar-refractivity contribution in [1.82, 2.24) is 5.32 Å². The van der Waals surface area contributed by atoms with E-state index in [0.29, 0.717) is 0 Å². The zero-order valence-corrected chi connectivity index (χ0v) is 11.0. The van der Waals surface area contributed by atoms with Crippen LogP contribution in [0.3, 0.4) is 0 Å². The summed E-state index contributed by atoms with van der Waals surface area (Å²) in [6.45, 7) is 6.10. The highest BCUT2D eigenvalue weighted by atomic mass is 79.9. The van der Waals surface area contributed by atoms with Crippen molar-refractivity contribution < 1.29 is 0 Å². The molecule has 82 valence electrons. The molecule has 1 aliphatic rings. The van der Waals surface area contributed by atoms with Crippen molar-refractivity contribution in [2.24, 2.45) is 0 Å². The minimum Gasteiger partial charge on any atom is -0.313 e. The smallest absolute Gasteiger partial charge is 0.0175 e. The van der Waals surface area contributed by atoms with Crippen LogP contribution in [0.4, 0.5) is 0 Å². The third-order valence-corrected chi connectivity index (χ3v) is 2.81. The molecule has 0 atom stereocenters. The summed E-state index contributed by atoms with van der Waals surface area (Å²) >= 11 is 3.44. The van der Waals surface area contributed by atoms with Gasteiger partial charge in [0, 0.05) is 11.0 Å². The van der Waals surface area contributed by atoms with Crippen molar-refractivity contribution in [3.05, 3.63) is 40.4 Å². The van der Waals surface area contributed by atoms with Crippen LogP contribution < -0.4 is 5.32 Å². The van der Waals surface area contributed by atoms with Crippen LogP contribution in [0.2, 0.25) is 0 Å². The third kappa shape index (κ3) is 3.80. The van der Waals surface area contributed by atoms with Crippen molar-refractivity contribution in [3.8, 4) is 0 Å². The predicted octanol–water partition coefficient (Wildman–Crippen LogP) is 3.85. The Labute approximate surface area is 101 Å². The van der Waals surface area contributed by atoms with Crippen molar-refractivity contribution in [2.45, 2.75) is 20.3 Å². The molecule has 1 aromatic carbocycles. The molecule has 0 aromatic heterocycles. The van der Waals surface area contributed by atoms with Crippen LogP contribution in [0.5, 0.6) is 0 Å². The Kier molecular flexibility index (Phi) is 5.66. The average molecular weight is 268 g/mol. The lowest BCUT2D eigenvalue weighted by atomic mass is 10.0. The van der Waals surface area contributed by atoms with E-state index in [1.165, 1.54) is 11.1 Å². The van der Waals surface area contributed by atoms with E-state index in [1.807, 2.05) is 13.8 Å². The molecule has 0 amide bonds. The molecule has 15 heavy (non-hydrogen) atoms. The Hall–Kier alpha value is -0.600. The van der Waals surface area contributed by atoms with Gasteiger partial charge in [0.25, 0.3) is 0 Å². The average Bonchev–Trinajstić information content (AvgIpc) is 2.34. The number of hydrogen-bond donors (Lipinski definition) is 1. The highest BCUT2D eigenvalue weighted by Gasteiger charge is 2.04. The molecule has 2 rings (SSSR count). The molecule has 0 radical (unpaired) electrons. The maximum Gasteiger partial charge on any atom is 0.0175 e.